The summed E-state index contributed by atoms with van der Waals surface area (Å²) in [5.41, 5.74) is 3.92. The SMILES string of the molecule is Cc1[nH]c2ncnc(/N=C/N(C)C)c2c1-c1ccc(Cl)cc1. The number of halogens is 1. The van der Waals surface area contributed by atoms with Crippen LogP contribution in [0.2, 0.25) is 5.02 Å². The molecule has 1 aromatic carbocycles. The topological polar surface area (TPSA) is 57.2 Å². The van der Waals surface area contributed by atoms with E-state index in [2.05, 4.69) is 19.9 Å². The lowest BCUT2D eigenvalue weighted by atomic mass is 10.0. The van der Waals surface area contributed by atoms with Crippen LogP contribution in [0.1, 0.15) is 5.69 Å². The number of benzene rings is 1. The minimum Gasteiger partial charge on any atom is -0.369 e. The van der Waals surface area contributed by atoms with Gasteiger partial charge in [0.1, 0.15) is 12.0 Å². The second-order valence-electron chi connectivity index (χ2n) is 5.26. The fourth-order valence-electron chi connectivity index (χ4n) is 2.37. The number of H-pyrrole nitrogens is 1. The lowest BCUT2D eigenvalue weighted by Gasteiger charge is -2.05. The molecule has 3 rings (SSSR count). The molecule has 112 valence electrons. The Morgan fingerprint density at radius 1 is 1.18 bits per heavy atom. The Bertz CT molecular complexity index is 834. The van der Waals surface area contributed by atoms with Crippen molar-refractivity contribution < 1.29 is 0 Å². The van der Waals surface area contributed by atoms with Crippen molar-refractivity contribution in [2.75, 3.05) is 14.1 Å². The van der Waals surface area contributed by atoms with Crippen LogP contribution in [0, 0.1) is 6.92 Å². The van der Waals surface area contributed by atoms with Crippen molar-refractivity contribution in [3.8, 4) is 11.1 Å². The van der Waals surface area contributed by atoms with Crippen molar-refractivity contribution in [3.63, 3.8) is 0 Å². The van der Waals surface area contributed by atoms with Crippen molar-refractivity contribution in [2.24, 2.45) is 4.99 Å². The molecule has 0 aliphatic carbocycles. The number of rotatable bonds is 3. The minimum atomic E-state index is 0.646. The maximum Gasteiger partial charge on any atom is 0.166 e. The van der Waals surface area contributed by atoms with Gasteiger partial charge in [0.2, 0.25) is 0 Å². The molecule has 6 heteroatoms. The van der Waals surface area contributed by atoms with Gasteiger partial charge in [-0.1, -0.05) is 23.7 Å². The highest BCUT2D eigenvalue weighted by atomic mass is 35.5. The van der Waals surface area contributed by atoms with Crippen LogP contribution in [0.5, 0.6) is 0 Å². The molecular formula is C16H16ClN5. The fourth-order valence-corrected chi connectivity index (χ4v) is 2.50. The van der Waals surface area contributed by atoms with Gasteiger partial charge >= 0.3 is 0 Å². The summed E-state index contributed by atoms with van der Waals surface area (Å²) in [6, 6.07) is 7.73. The van der Waals surface area contributed by atoms with Gasteiger partial charge in [0, 0.05) is 30.4 Å². The van der Waals surface area contributed by atoms with E-state index in [1.54, 1.807) is 6.34 Å². The van der Waals surface area contributed by atoms with Gasteiger partial charge in [-0.2, -0.15) is 0 Å². The molecule has 0 aliphatic rings. The van der Waals surface area contributed by atoms with E-state index in [0.29, 0.717) is 10.8 Å². The smallest absolute Gasteiger partial charge is 0.166 e. The first-order valence-corrected chi connectivity index (χ1v) is 7.24. The van der Waals surface area contributed by atoms with Crippen LogP contribution in [0.3, 0.4) is 0 Å². The zero-order chi connectivity index (χ0) is 15.7. The third-order valence-electron chi connectivity index (χ3n) is 3.30. The van der Waals surface area contributed by atoms with Crippen LogP contribution >= 0.6 is 11.6 Å². The maximum atomic E-state index is 5.99. The Hall–Kier alpha value is -2.40. The number of aromatic nitrogens is 3. The molecule has 0 spiro atoms. The maximum absolute atomic E-state index is 5.99. The van der Waals surface area contributed by atoms with Gasteiger partial charge in [-0.15, -0.1) is 0 Å². The van der Waals surface area contributed by atoms with Crippen LogP contribution in [0.15, 0.2) is 35.6 Å². The van der Waals surface area contributed by atoms with Gasteiger partial charge in [-0.3, -0.25) is 0 Å². The molecule has 0 radical (unpaired) electrons. The number of aromatic amines is 1. The highest BCUT2D eigenvalue weighted by molar-refractivity contribution is 6.30. The third-order valence-corrected chi connectivity index (χ3v) is 3.55. The third kappa shape index (κ3) is 2.67. The summed E-state index contributed by atoms with van der Waals surface area (Å²) in [6.45, 7) is 2.02. The number of hydrogen-bond donors (Lipinski definition) is 1. The van der Waals surface area contributed by atoms with Crippen LogP contribution in [0.25, 0.3) is 22.2 Å². The first-order valence-electron chi connectivity index (χ1n) is 6.86. The summed E-state index contributed by atoms with van der Waals surface area (Å²) < 4.78 is 0. The average Bonchev–Trinajstić information content (AvgIpc) is 2.82. The summed E-state index contributed by atoms with van der Waals surface area (Å²) in [7, 11) is 3.84. The highest BCUT2D eigenvalue weighted by Crippen LogP contribution is 2.36. The van der Waals surface area contributed by atoms with Gasteiger partial charge in [-0.05, 0) is 24.6 Å². The van der Waals surface area contributed by atoms with E-state index >= 15 is 0 Å². The first-order chi connectivity index (χ1) is 10.6. The minimum absolute atomic E-state index is 0.646. The Morgan fingerprint density at radius 3 is 2.59 bits per heavy atom. The van der Waals surface area contributed by atoms with E-state index in [0.717, 1.165) is 27.9 Å². The van der Waals surface area contributed by atoms with Gasteiger partial charge < -0.3 is 9.88 Å². The van der Waals surface area contributed by atoms with Gasteiger partial charge in [-0.25, -0.2) is 15.0 Å². The van der Waals surface area contributed by atoms with E-state index in [9.17, 15) is 0 Å². The van der Waals surface area contributed by atoms with Gasteiger partial charge in [0.15, 0.2) is 5.82 Å². The number of hydrogen-bond acceptors (Lipinski definition) is 3. The van der Waals surface area contributed by atoms with Crippen LogP contribution < -0.4 is 0 Å². The molecule has 22 heavy (non-hydrogen) atoms. The van der Waals surface area contributed by atoms with Crippen molar-refractivity contribution in [3.05, 3.63) is 41.3 Å². The highest BCUT2D eigenvalue weighted by Gasteiger charge is 2.15. The molecule has 0 saturated heterocycles. The monoisotopic (exact) mass is 313 g/mol. The number of aliphatic imine (C=N–C) groups is 1. The standard InChI is InChI=1S/C16H16ClN5/c1-10-13(11-4-6-12(17)7-5-11)14-15(20-9-22(2)3)18-8-19-16(14)21-10/h4-9H,1-3H3,(H,18,19,21)/b20-9+. The zero-order valence-corrected chi connectivity index (χ0v) is 13.4. The second kappa shape index (κ2) is 5.77. The Balaban J connectivity index is 2.25. The number of fused-ring (bicyclic) bond motifs is 1. The number of aryl methyl sites for hydroxylation is 1. The molecule has 5 nitrogen and oxygen atoms in total. The molecule has 0 saturated carbocycles. The fraction of sp³-hybridized carbons (Fsp3) is 0.188. The van der Waals surface area contributed by atoms with E-state index in [4.69, 9.17) is 11.6 Å². The molecular weight excluding hydrogens is 298 g/mol. The van der Waals surface area contributed by atoms with E-state index in [1.807, 2.05) is 50.2 Å². The van der Waals surface area contributed by atoms with Gasteiger partial charge in [0.25, 0.3) is 0 Å². The molecule has 0 unspecified atom stereocenters. The van der Waals surface area contributed by atoms with E-state index in [-0.39, 0.29) is 0 Å². The molecule has 0 bridgehead atoms. The Morgan fingerprint density at radius 2 is 1.91 bits per heavy atom. The van der Waals surface area contributed by atoms with Crippen LogP contribution in [-0.2, 0) is 0 Å². The average molecular weight is 314 g/mol. The molecule has 2 heterocycles. The molecule has 0 amide bonds. The van der Waals surface area contributed by atoms with Gasteiger partial charge in [0.05, 0.1) is 11.7 Å². The quantitative estimate of drug-likeness (QED) is 0.591. The number of nitrogens with zero attached hydrogens (tertiary/aromatic N) is 4. The van der Waals surface area contributed by atoms with Crippen molar-refractivity contribution in [1.29, 1.82) is 0 Å². The van der Waals surface area contributed by atoms with E-state index < -0.39 is 0 Å². The van der Waals surface area contributed by atoms with E-state index in [1.165, 1.54) is 6.33 Å². The second-order valence-corrected chi connectivity index (χ2v) is 5.70. The normalized spacial score (nSPS) is 11.5. The predicted octanol–water partition coefficient (Wildman–Crippen LogP) is 3.81. The van der Waals surface area contributed by atoms with Crippen LogP contribution in [-0.4, -0.2) is 40.3 Å². The molecule has 0 fully saturated rings. The Kier molecular flexibility index (Phi) is 3.81. The molecule has 0 atom stereocenters. The number of nitrogens with one attached hydrogen (secondary N) is 1. The summed E-state index contributed by atoms with van der Waals surface area (Å²) in [5, 5.41) is 1.63. The summed E-state index contributed by atoms with van der Waals surface area (Å²) in [6.07, 6.45) is 3.25. The lowest BCUT2D eigenvalue weighted by molar-refractivity contribution is 0.643. The van der Waals surface area contributed by atoms with Crippen molar-refractivity contribution in [1.82, 2.24) is 19.9 Å². The summed E-state index contributed by atoms with van der Waals surface area (Å²) >= 11 is 5.99. The molecule has 2 aromatic heterocycles. The van der Waals surface area contributed by atoms with Crippen molar-refractivity contribution >= 4 is 34.8 Å². The lowest BCUT2D eigenvalue weighted by Crippen LogP contribution is -2.07. The molecule has 3 aromatic rings. The largest absolute Gasteiger partial charge is 0.369 e. The summed E-state index contributed by atoms with van der Waals surface area (Å²) in [5.74, 6) is 0.646. The Labute approximate surface area is 133 Å². The molecule has 0 aliphatic heterocycles. The predicted molar refractivity (Wildman–Crippen MR) is 90.9 cm³/mol. The first kappa shape index (κ1) is 14.5. The molecule has 1 N–H and O–H groups in total. The zero-order valence-electron chi connectivity index (χ0n) is 12.6. The van der Waals surface area contributed by atoms with Crippen molar-refractivity contribution in [2.45, 2.75) is 6.92 Å². The van der Waals surface area contributed by atoms with Crippen LogP contribution in [0.4, 0.5) is 5.82 Å². The summed E-state index contributed by atoms with van der Waals surface area (Å²) in [4.78, 5) is 18.2.